The lowest BCUT2D eigenvalue weighted by molar-refractivity contribution is 0.207. The minimum absolute atomic E-state index is 0.0642. The minimum atomic E-state index is -0.0642. The Morgan fingerprint density at radius 1 is 1.42 bits per heavy atom. The minimum Gasteiger partial charge on any atom is -0.396 e. The second kappa shape index (κ2) is 4.75. The summed E-state index contributed by atoms with van der Waals surface area (Å²) in [6, 6.07) is 7.05. The largest absolute Gasteiger partial charge is 0.396 e. The van der Waals surface area contributed by atoms with Gasteiger partial charge in [0.05, 0.1) is 5.69 Å². The molecule has 0 amide bonds. The van der Waals surface area contributed by atoms with E-state index in [0.717, 1.165) is 25.1 Å². The molecule has 2 N–H and O–H groups in total. The number of nitrogens with one attached hydrogen (secondary N) is 1. The molecule has 2 heterocycles. The van der Waals surface area contributed by atoms with E-state index in [-0.39, 0.29) is 17.6 Å². The van der Waals surface area contributed by atoms with Crippen LogP contribution >= 0.6 is 0 Å². The highest BCUT2D eigenvalue weighted by atomic mass is 16.3. The molecular formula is C14H17N3O2. The van der Waals surface area contributed by atoms with Crippen LogP contribution in [0.25, 0.3) is 5.65 Å². The van der Waals surface area contributed by atoms with Crippen molar-refractivity contribution in [2.24, 2.45) is 5.41 Å². The van der Waals surface area contributed by atoms with Crippen LogP contribution in [0.3, 0.4) is 0 Å². The van der Waals surface area contributed by atoms with E-state index in [1.165, 1.54) is 4.40 Å². The Kier molecular flexibility index (Phi) is 3.08. The number of aliphatic hydroxyl groups is 1. The average Bonchev–Trinajstić information content (AvgIpc) is 3.19. The molecule has 1 aliphatic rings. The van der Waals surface area contributed by atoms with Crippen molar-refractivity contribution < 1.29 is 5.11 Å². The molecule has 1 saturated carbocycles. The second-order valence-electron chi connectivity index (χ2n) is 5.28. The van der Waals surface area contributed by atoms with E-state index in [1.807, 2.05) is 18.2 Å². The molecule has 0 unspecified atom stereocenters. The van der Waals surface area contributed by atoms with Gasteiger partial charge >= 0.3 is 0 Å². The second-order valence-corrected chi connectivity index (χ2v) is 5.28. The number of hydrogen-bond donors (Lipinski definition) is 2. The Hall–Kier alpha value is -1.72. The molecule has 3 rings (SSSR count). The lowest BCUT2D eigenvalue weighted by Crippen LogP contribution is -2.27. The highest BCUT2D eigenvalue weighted by Crippen LogP contribution is 2.44. The fourth-order valence-electron chi connectivity index (χ4n) is 2.22. The maximum absolute atomic E-state index is 11.9. The van der Waals surface area contributed by atoms with Gasteiger partial charge in [-0.15, -0.1) is 0 Å². The summed E-state index contributed by atoms with van der Waals surface area (Å²) in [4.78, 5) is 16.3. The quantitative estimate of drug-likeness (QED) is 0.823. The number of nitrogens with zero attached hydrogens (tertiary/aromatic N) is 2. The number of hydrogen-bond acceptors (Lipinski definition) is 4. The van der Waals surface area contributed by atoms with Gasteiger partial charge in [0.2, 0.25) is 0 Å². The van der Waals surface area contributed by atoms with E-state index >= 15 is 0 Å². The van der Waals surface area contributed by atoms with Crippen LogP contribution in [-0.4, -0.2) is 27.6 Å². The van der Waals surface area contributed by atoms with Gasteiger partial charge in [0.15, 0.2) is 0 Å². The zero-order chi connectivity index (χ0) is 13.3. The Labute approximate surface area is 110 Å². The van der Waals surface area contributed by atoms with Gasteiger partial charge in [-0.2, -0.15) is 0 Å². The van der Waals surface area contributed by atoms with Crippen molar-refractivity contribution in [2.75, 3.05) is 13.2 Å². The lowest BCUT2D eigenvalue weighted by atomic mass is 10.1. The molecule has 2 aromatic rings. The zero-order valence-corrected chi connectivity index (χ0v) is 10.7. The molecular weight excluding hydrogens is 242 g/mol. The summed E-state index contributed by atoms with van der Waals surface area (Å²) in [6.45, 7) is 1.57. The van der Waals surface area contributed by atoms with Crippen LogP contribution in [0, 0.1) is 5.41 Å². The van der Waals surface area contributed by atoms with Gasteiger partial charge < -0.3 is 10.4 Å². The zero-order valence-electron chi connectivity index (χ0n) is 10.7. The number of fused-ring (bicyclic) bond motifs is 1. The summed E-state index contributed by atoms with van der Waals surface area (Å²) in [5.41, 5.74) is 1.41. The average molecular weight is 259 g/mol. The fourth-order valence-corrected chi connectivity index (χ4v) is 2.22. The lowest BCUT2D eigenvalue weighted by Gasteiger charge is -2.12. The third kappa shape index (κ3) is 2.52. The van der Waals surface area contributed by atoms with Crippen molar-refractivity contribution in [3.63, 3.8) is 0 Å². The Balaban J connectivity index is 1.73. The third-order valence-corrected chi connectivity index (χ3v) is 3.72. The maximum Gasteiger partial charge on any atom is 0.258 e. The highest BCUT2D eigenvalue weighted by Gasteiger charge is 2.41. The topological polar surface area (TPSA) is 66.6 Å². The molecule has 0 spiro atoms. The molecule has 0 radical (unpaired) electrons. The van der Waals surface area contributed by atoms with Gasteiger partial charge in [0.25, 0.3) is 5.56 Å². The van der Waals surface area contributed by atoms with Gasteiger partial charge in [0.1, 0.15) is 5.65 Å². The molecule has 0 aliphatic heterocycles. The van der Waals surface area contributed by atoms with E-state index in [9.17, 15) is 9.90 Å². The molecule has 0 atom stereocenters. The molecule has 0 bridgehead atoms. The van der Waals surface area contributed by atoms with Crippen molar-refractivity contribution in [3.05, 3.63) is 46.5 Å². The summed E-state index contributed by atoms with van der Waals surface area (Å²) in [5, 5.41) is 12.5. The Bertz CT molecular complexity index is 646. The summed E-state index contributed by atoms with van der Waals surface area (Å²) >= 11 is 0. The first kappa shape index (κ1) is 12.3. The van der Waals surface area contributed by atoms with Crippen LogP contribution < -0.4 is 10.9 Å². The van der Waals surface area contributed by atoms with Crippen molar-refractivity contribution in [1.82, 2.24) is 14.7 Å². The Morgan fingerprint density at radius 3 is 3.00 bits per heavy atom. The van der Waals surface area contributed by atoms with E-state index in [1.54, 1.807) is 12.3 Å². The maximum atomic E-state index is 11.9. The van der Waals surface area contributed by atoms with E-state index < -0.39 is 0 Å². The first-order chi connectivity index (χ1) is 9.22. The SMILES string of the molecule is O=c1cc(CNCC2(CO)CC2)nc2ccccn12. The number of aromatic nitrogens is 2. The van der Waals surface area contributed by atoms with Crippen LogP contribution in [0.2, 0.25) is 0 Å². The highest BCUT2D eigenvalue weighted by molar-refractivity contribution is 5.37. The summed E-state index contributed by atoms with van der Waals surface area (Å²) in [7, 11) is 0. The standard InChI is InChI=1S/C14H17N3O2/c18-10-14(4-5-14)9-15-8-11-7-13(19)17-6-2-1-3-12(17)16-11/h1-3,6-7,15,18H,4-5,8-10H2. The van der Waals surface area contributed by atoms with E-state index in [4.69, 9.17) is 0 Å². The molecule has 19 heavy (non-hydrogen) atoms. The van der Waals surface area contributed by atoms with Gasteiger partial charge in [-0.3, -0.25) is 9.20 Å². The van der Waals surface area contributed by atoms with Crippen LogP contribution in [0.1, 0.15) is 18.5 Å². The summed E-state index contributed by atoms with van der Waals surface area (Å²) < 4.78 is 1.53. The van der Waals surface area contributed by atoms with E-state index in [0.29, 0.717) is 12.2 Å². The van der Waals surface area contributed by atoms with Gasteiger partial charge in [-0.05, 0) is 25.0 Å². The smallest absolute Gasteiger partial charge is 0.258 e. The summed E-state index contributed by atoms with van der Waals surface area (Å²) in [6.07, 6.45) is 3.86. The van der Waals surface area contributed by atoms with Crippen molar-refractivity contribution in [1.29, 1.82) is 0 Å². The number of aliphatic hydroxyl groups excluding tert-OH is 1. The molecule has 5 heteroatoms. The monoisotopic (exact) mass is 259 g/mol. The van der Waals surface area contributed by atoms with Crippen LogP contribution in [0.15, 0.2) is 35.3 Å². The third-order valence-electron chi connectivity index (χ3n) is 3.72. The number of pyridine rings is 1. The molecule has 1 aliphatic carbocycles. The fraction of sp³-hybridized carbons (Fsp3) is 0.429. The van der Waals surface area contributed by atoms with Crippen molar-refractivity contribution in [3.8, 4) is 0 Å². The van der Waals surface area contributed by atoms with E-state index in [2.05, 4.69) is 10.3 Å². The van der Waals surface area contributed by atoms with Crippen LogP contribution in [0.5, 0.6) is 0 Å². The molecule has 0 aromatic carbocycles. The predicted octanol–water partition coefficient (Wildman–Crippen LogP) is 0.557. The molecule has 100 valence electrons. The van der Waals surface area contributed by atoms with Gasteiger partial charge in [-0.1, -0.05) is 6.07 Å². The molecule has 5 nitrogen and oxygen atoms in total. The van der Waals surface area contributed by atoms with Gasteiger partial charge in [0, 0.05) is 37.4 Å². The molecule has 0 saturated heterocycles. The molecule has 1 fully saturated rings. The Morgan fingerprint density at radius 2 is 2.26 bits per heavy atom. The first-order valence-electron chi connectivity index (χ1n) is 6.51. The van der Waals surface area contributed by atoms with Gasteiger partial charge in [-0.25, -0.2) is 4.98 Å². The van der Waals surface area contributed by atoms with Crippen LogP contribution in [-0.2, 0) is 6.54 Å². The first-order valence-corrected chi connectivity index (χ1v) is 6.51. The molecule has 2 aromatic heterocycles. The number of rotatable bonds is 5. The van der Waals surface area contributed by atoms with Crippen molar-refractivity contribution >= 4 is 5.65 Å². The predicted molar refractivity (Wildman–Crippen MR) is 71.9 cm³/mol. The normalized spacial score (nSPS) is 16.7. The van der Waals surface area contributed by atoms with Crippen LogP contribution in [0.4, 0.5) is 0 Å². The van der Waals surface area contributed by atoms with Crippen molar-refractivity contribution in [2.45, 2.75) is 19.4 Å². The summed E-state index contributed by atoms with van der Waals surface area (Å²) in [5.74, 6) is 0.